The first-order valence-corrected chi connectivity index (χ1v) is 6.32. The molecule has 2 nitrogen and oxygen atoms in total. The van der Waals surface area contributed by atoms with Crippen molar-refractivity contribution in [2.45, 2.75) is 59.0 Å². The van der Waals surface area contributed by atoms with Crippen LogP contribution < -0.4 is 5.32 Å². The van der Waals surface area contributed by atoms with Crippen molar-refractivity contribution in [2.75, 3.05) is 19.7 Å². The van der Waals surface area contributed by atoms with Crippen LogP contribution in [-0.4, -0.2) is 25.3 Å². The van der Waals surface area contributed by atoms with E-state index in [0.717, 1.165) is 13.2 Å². The van der Waals surface area contributed by atoms with E-state index in [1.54, 1.807) is 0 Å². The summed E-state index contributed by atoms with van der Waals surface area (Å²) in [5, 5.41) is 3.53. The summed E-state index contributed by atoms with van der Waals surface area (Å²) in [6.45, 7) is 11.6. The SMILES string of the molecule is CCC1(CNCCOC(C)(C)C)CCC1. The van der Waals surface area contributed by atoms with Crippen LogP contribution in [0.25, 0.3) is 0 Å². The van der Waals surface area contributed by atoms with Gasteiger partial charge in [-0.05, 0) is 45.4 Å². The average Bonchev–Trinajstić information content (AvgIpc) is 2.06. The minimum atomic E-state index is 0.000588. The molecule has 2 heteroatoms. The first-order chi connectivity index (χ1) is 6.97. The van der Waals surface area contributed by atoms with Crippen molar-refractivity contribution in [3.05, 3.63) is 0 Å². The second-order valence-electron chi connectivity index (χ2n) is 5.84. The quantitative estimate of drug-likeness (QED) is 0.685. The topological polar surface area (TPSA) is 21.3 Å². The maximum Gasteiger partial charge on any atom is 0.0599 e. The van der Waals surface area contributed by atoms with Gasteiger partial charge in [-0.15, -0.1) is 0 Å². The first kappa shape index (κ1) is 13.0. The molecule has 0 aliphatic heterocycles. The standard InChI is InChI=1S/C13H27NO/c1-5-13(7-6-8-13)11-14-9-10-15-12(2,3)4/h14H,5-11H2,1-4H3. The molecule has 0 atom stereocenters. The Balaban J connectivity index is 2.02. The highest BCUT2D eigenvalue weighted by Crippen LogP contribution is 2.42. The monoisotopic (exact) mass is 213 g/mol. The Labute approximate surface area is 94.8 Å². The zero-order valence-corrected chi connectivity index (χ0v) is 10.9. The molecule has 0 bridgehead atoms. The first-order valence-electron chi connectivity index (χ1n) is 6.32. The van der Waals surface area contributed by atoms with E-state index in [-0.39, 0.29) is 5.60 Å². The van der Waals surface area contributed by atoms with E-state index in [1.807, 2.05) is 0 Å². The lowest BCUT2D eigenvalue weighted by molar-refractivity contribution is -0.00265. The molecule has 0 unspecified atom stereocenters. The lowest BCUT2D eigenvalue weighted by Crippen LogP contribution is -2.40. The van der Waals surface area contributed by atoms with E-state index in [0.29, 0.717) is 5.41 Å². The molecule has 1 aliphatic carbocycles. The Morgan fingerprint density at radius 3 is 2.33 bits per heavy atom. The fraction of sp³-hybridized carbons (Fsp3) is 1.00. The van der Waals surface area contributed by atoms with Crippen LogP contribution in [0.2, 0.25) is 0 Å². The Morgan fingerprint density at radius 1 is 1.27 bits per heavy atom. The lowest BCUT2D eigenvalue weighted by Gasteiger charge is -2.41. The van der Waals surface area contributed by atoms with Gasteiger partial charge in [-0.2, -0.15) is 0 Å². The third kappa shape index (κ3) is 4.52. The van der Waals surface area contributed by atoms with Crippen LogP contribution in [-0.2, 0) is 4.74 Å². The smallest absolute Gasteiger partial charge is 0.0599 e. The molecule has 0 spiro atoms. The molecule has 0 aromatic heterocycles. The zero-order valence-electron chi connectivity index (χ0n) is 10.9. The van der Waals surface area contributed by atoms with E-state index in [4.69, 9.17) is 4.74 Å². The van der Waals surface area contributed by atoms with Crippen LogP contribution in [0.1, 0.15) is 53.4 Å². The highest BCUT2D eigenvalue weighted by Gasteiger charge is 2.34. The van der Waals surface area contributed by atoms with E-state index < -0.39 is 0 Å². The molecule has 15 heavy (non-hydrogen) atoms. The maximum atomic E-state index is 5.67. The summed E-state index contributed by atoms with van der Waals surface area (Å²) in [7, 11) is 0. The molecular formula is C13H27NO. The van der Waals surface area contributed by atoms with Gasteiger partial charge in [-0.25, -0.2) is 0 Å². The molecule has 0 radical (unpaired) electrons. The summed E-state index contributed by atoms with van der Waals surface area (Å²) in [4.78, 5) is 0. The van der Waals surface area contributed by atoms with E-state index in [9.17, 15) is 0 Å². The minimum Gasteiger partial charge on any atom is -0.375 e. The van der Waals surface area contributed by atoms with Gasteiger partial charge in [-0.1, -0.05) is 13.3 Å². The van der Waals surface area contributed by atoms with Gasteiger partial charge in [-0.3, -0.25) is 0 Å². The fourth-order valence-electron chi connectivity index (χ4n) is 2.12. The lowest BCUT2D eigenvalue weighted by atomic mass is 9.67. The third-order valence-corrected chi connectivity index (χ3v) is 3.48. The highest BCUT2D eigenvalue weighted by atomic mass is 16.5. The molecule has 0 saturated heterocycles. The predicted molar refractivity (Wildman–Crippen MR) is 65.1 cm³/mol. The summed E-state index contributed by atoms with van der Waals surface area (Å²) < 4.78 is 5.67. The van der Waals surface area contributed by atoms with E-state index >= 15 is 0 Å². The Hall–Kier alpha value is -0.0800. The molecule has 0 aromatic rings. The Bertz CT molecular complexity index is 174. The van der Waals surface area contributed by atoms with Gasteiger partial charge in [0.25, 0.3) is 0 Å². The van der Waals surface area contributed by atoms with Gasteiger partial charge < -0.3 is 10.1 Å². The molecule has 1 fully saturated rings. The molecule has 1 N–H and O–H groups in total. The van der Waals surface area contributed by atoms with Crippen molar-refractivity contribution in [1.82, 2.24) is 5.32 Å². The number of rotatable bonds is 6. The largest absolute Gasteiger partial charge is 0.375 e. The maximum absolute atomic E-state index is 5.67. The van der Waals surface area contributed by atoms with E-state index in [2.05, 4.69) is 33.0 Å². The zero-order chi connectivity index (χ0) is 11.4. The number of ether oxygens (including phenoxy) is 1. The molecule has 0 aromatic carbocycles. The number of hydrogen-bond donors (Lipinski definition) is 1. The summed E-state index contributed by atoms with van der Waals surface area (Å²) in [6.07, 6.45) is 5.57. The Kier molecular flexibility index (Phi) is 4.60. The third-order valence-electron chi connectivity index (χ3n) is 3.48. The normalized spacial score (nSPS) is 20.0. The van der Waals surface area contributed by atoms with Crippen LogP contribution in [0.5, 0.6) is 0 Å². The summed E-state index contributed by atoms with van der Waals surface area (Å²) in [5.74, 6) is 0. The van der Waals surface area contributed by atoms with Crippen molar-refractivity contribution in [2.24, 2.45) is 5.41 Å². The van der Waals surface area contributed by atoms with Gasteiger partial charge in [0, 0.05) is 13.1 Å². The summed E-state index contributed by atoms with van der Waals surface area (Å²) >= 11 is 0. The van der Waals surface area contributed by atoms with Gasteiger partial charge >= 0.3 is 0 Å². The van der Waals surface area contributed by atoms with Crippen LogP contribution in [0, 0.1) is 5.41 Å². The molecule has 1 aliphatic rings. The van der Waals surface area contributed by atoms with Gasteiger partial charge in [0.1, 0.15) is 0 Å². The minimum absolute atomic E-state index is 0.000588. The molecule has 1 rings (SSSR count). The van der Waals surface area contributed by atoms with Crippen LogP contribution in [0.4, 0.5) is 0 Å². The van der Waals surface area contributed by atoms with Gasteiger partial charge in [0.15, 0.2) is 0 Å². The van der Waals surface area contributed by atoms with Crippen LogP contribution in [0.3, 0.4) is 0 Å². The predicted octanol–water partition coefficient (Wildman–Crippen LogP) is 2.97. The molecule has 90 valence electrons. The van der Waals surface area contributed by atoms with E-state index in [1.165, 1.54) is 32.2 Å². The van der Waals surface area contributed by atoms with Gasteiger partial charge in [0.2, 0.25) is 0 Å². The molecular weight excluding hydrogens is 186 g/mol. The Morgan fingerprint density at radius 2 is 1.93 bits per heavy atom. The number of nitrogens with one attached hydrogen (secondary N) is 1. The summed E-state index contributed by atoms with van der Waals surface area (Å²) in [6, 6.07) is 0. The van der Waals surface area contributed by atoms with Gasteiger partial charge in [0.05, 0.1) is 12.2 Å². The molecule has 0 amide bonds. The van der Waals surface area contributed by atoms with Crippen molar-refractivity contribution in [3.8, 4) is 0 Å². The van der Waals surface area contributed by atoms with Crippen LogP contribution in [0.15, 0.2) is 0 Å². The summed E-state index contributed by atoms with van der Waals surface area (Å²) in [5.41, 5.74) is 0.627. The fourth-order valence-corrected chi connectivity index (χ4v) is 2.12. The second kappa shape index (κ2) is 5.31. The van der Waals surface area contributed by atoms with Crippen molar-refractivity contribution in [1.29, 1.82) is 0 Å². The molecule has 0 heterocycles. The van der Waals surface area contributed by atoms with Crippen LogP contribution >= 0.6 is 0 Å². The second-order valence-corrected chi connectivity index (χ2v) is 5.84. The van der Waals surface area contributed by atoms with Crippen molar-refractivity contribution in [3.63, 3.8) is 0 Å². The number of hydrogen-bond acceptors (Lipinski definition) is 2. The average molecular weight is 213 g/mol. The highest BCUT2D eigenvalue weighted by molar-refractivity contribution is 4.88. The molecule has 1 saturated carbocycles. The van der Waals surface area contributed by atoms with Crippen molar-refractivity contribution >= 4 is 0 Å². The van der Waals surface area contributed by atoms with Crippen molar-refractivity contribution < 1.29 is 4.74 Å².